The van der Waals surface area contributed by atoms with E-state index in [2.05, 4.69) is 86.6 Å². The summed E-state index contributed by atoms with van der Waals surface area (Å²) in [4.78, 5) is 0. The smallest absolute Gasteiger partial charge is 0.137 e. The number of aromatic hydroxyl groups is 1. The van der Waals surface area contributed by atoms with Gasteiger partial charge in [0.2, 0.25) is 0 Å². The van der Waals surface area contributed by atoms with Crippen LogP contribution < -0.4 is 4.18 Å². The van der Waals surface area contributed by atoms with E-state index >= 15 is 0 Å². The monoisotopic (exact) mass is 454 g/mol. The van der Waals surface area contributed by atoms with E-state index in [0.717, 1.165) is 11.3 Å². The van der Waals surface area contributed by atoms with Gasteiger partial charge in [0.25, 0.3) is 0 Å². The molecule has 0 saturated carbocycles. The molecular weight excluding hydrogens is 424 g/mol. The molecule has 0 bridgehead atoms. The van der Waals surface area contributed by atoms with Crippen LogP contribution in [0.1, 0.15) is 49.9 Å². The Kier molecular flexibility index (Phi) is 6.80. The summed E-state index contributed by atoms with van der Waals surface area (Å²) in [5, 5.41) is 10.4. The minimum Gasteiger partial charge on any atom is -0.508 e. The van der Waals surface area contributed by atoms with Gasteiger partial charge in [-0.1, -0.05) is 100 Å². The maximum absolute atomic E-state index is 9.97. The summed E-state index contributed by atoms with van der Waals surface area (Å²) in [6, 6.07) is 33.3. The molecule has 0 saturated heterocycles. The van der Waals surface area contributed by atoms with Crippen LogP contribution in [0.25, 0.3) is 11.1 Å². The largest absolute Gasteiger partial charge is 0.508 e. The Bertz CT molecular complexity index is 1170. The lowest BCUT2D eigenvalue weighted by atomic mass is 9.68. The van der Waals surface area contributed by atoms with E-state index in [1.54, 1.807) is 12.1 Å². The van der Waals surface area contributed by atoms with Crippen molar-refractivity contribution in [2.24, 2.45) is 0 Å². The molecule has 0 fully saturated rings. The average molecular weight is 455 g/mol. The van der Waals surface area contributed by atoms with E-state index < -0.39 is 5.41 Å². The maximum atomic E-state index is 9.97. The first-order chi connectivity index (χ1) is 16.1. The molecule has 33 heavy (non-hydrogen) atoms. The molecule has 0 amide bonds. The van der Waals surface area contributed by atoms with Gasteiger partial charge in [-0.15, -0.1) is 0 Å². The van der Waals surface area contributed by atoms with Gasteiger partial charge in [-0.25, -0.2) is 0 Å². The van der Waals surface area contributed by atoms with E-state index in [-0.39, 0.29) is 5.75 Å². The van der Waals surface area contributed by atoms with Crippen LogP contribution in [-0.4, -0.2) is 10.4 Å². The molecule has 0 heterocycles. The van der Waals surface area contributed by atoms with Gasteiger partial charge in [-0.2, -0.15) is 0 Å². The average Bonchev–Trinajstić information content (AvgIpc) is 3.16. The summed E-state index contributed by atoms with van der Waals surface area (Å²) in [6.45, 7) is 8.23. The van der Waals surface area contributed by atoms with Crippen LogP contribution in [0.4, 0.5) is 0 Å². The van der Waals surface area contributed by atoms with Crippen molar-refractivity contribution in [2.75, 3.05) is 0 Å². The second-order valence-corrected chi connectivity index (χ2v) is 9.44. The summed E-state index contributed by atoms with van der Waals surface area (Å²) >= 11 is 1.47. The molecular formula is C30H30O2S. The molecule has 168 valence electrons. The molecule has 1 aliphatic carbocycles. The van der Waals surface area contributed by atoms with Crippen LogP contribution >= 0.6 is 12.0 Å². The van der Waals surface area contributed by atoms with E-state index in [4.69, 9.17) is 4.18 Å². The maximum Gasteiger partial charge on any atom is 0.137 e. The van der Waals surface area contributed by atoms with Crippen molar-refractivity contribution in [1.29, 1.82) is 0 Å². The Balaban J connectivity index is 0.00000126. The van der Waals surface area contributed by atoms with E-state index in [9.17, 15) is 5.11 Å². The summed E-state index contributed by atoms with van der Waals surface area (Å²) in [5.41, 5.74) is 6.87. The quantitative estimate of drug-likeness (QED) is 0.271. The molecule has 3 heteroatoms. The summed E-state index contributed by atoms with van der Waals surface area (Å²) < 4.78 is 5.86. The van der Waals surface area contributed by atoms with Crippen molar-refractivity contribution in [3.05, 3.63) is 119 Å². The highest BCUT2D eigenvalue weighted by molar-refractivity contribution is 7.95. The summed E-state index contributed by atoms with van der Waals surface area (Å²) in [5.74, 6) is 1.12. The van der Waals surface area contributed by atoms with Crippen LogP contribution in [0.5, 0.6) is 11.5 Å². The zero-order chi connectivity index (χ0) is 23.4. The van der Waals surface area contributed by atoms with Gasteiger partial charge in [0.15, 0.2) is 0 Å². The molecule has 4 aromatic rings. The Morgan fingerprint density at radius 2 is 1.12 bits per heavy atom. The van der Waals surface area contributed by atoms with Crippen molar-refractivity contribution in [3.8, 4) is 22.6 Å². The molecule has 2 nitrogen and oxygen atoms in total. The van der Waals surface area contributed by atoms with Crippen LogP contribution in [-0.2, 0) is 5.41 Å². The molecule has 5 rings (SSSR count). The van der Waals surface area contributed by atoms with E-state index in [1.165, 1.54) is 39.9 Å². The highest BCUT2D eigenvalue weighted by Crippen LogP contribution is 2.56. The van der Waals surface area contributed by atoms with Gasteiger partial charge >= 0.3 is 0 Å². The van der Waals surface area contributed by atoms with Gasteiger partial charge in [0, 0.05) is 5.25 Å². The SMILES string of the molecule is CC.CC(C)SOc1ccc(C2(c3ccc(O)cc3)c3ccccc3-c3ccccc32)cc1. The highest BCUT2D eigenvalue weighted by Gasteiger charge is 2.45. The van der Waals surface area contributed by atoms with E-state index in [1.807, 2.05) is 26.0 Å². The summed E-state index contributed by atoms with van der Waals surface area (Å²) in [6.07, 6.45) is 0. The highest BCUT2D eigenvalue weighted by atomic mass is 32.2. The van der Waals surface area contributed by atoms with Gasteiger partial charge in [0.05, 0.1) is 17.5 Å². The lowest BCUT2D eigenvalue weighted by molar-refractivity contribution is 0.475. The number of hydrogen-bond acceptors (Lipinski definition) is 3. The lowest BCUT2D eigenvalue weighted by Gasteiger charge is -2.34. The second kappa shape index (κ2) is 9.76. The minimum absolute atomic E-state index is 0.271. The van der Waals surface area contributed by atoms with Gasteiger partial charge in [-0.3, -0.25) is 0 Å². The van der Waals surface area contributed by atoms with Crippen molar-refractivity contribution in [1.82, 2.24) is 0 Å². The minimum atomic E-state index is -0.454. The molecule has 0 aliphatic heterocycles. The van der Waals surface area contributed by atoms with Crippen molar-refractivity contribution < 1.29 is 9.29 Å². The lowest BCUT2D eigenvalue weighted by Crippen LogP contribution is -2.28. The zero-order valence-corrected chi connectivity index (χ0v) is 20.4. The zero-order valence-electron chi connectivity index (χ0n) is 19.6. The molecule has 0 unspecified atom stereocenters. The topological polar surface area (TPSA) is 29.5 Å². The van der Waals surface area contributed by atoms with Crippen LogP contribution in [0.15, 0.2) is 97.1 Å². The molecule has 1 aliphatic rings. The summed E-state index contributed by atoms with van der Waals surface area (Å²) in [7, 11) is 0. The normalized spacial score (nSPS) is 13.0. The van der Waals surface area contributed by atoms with Gasteiger partial charge in [0.1, 0.15) is 11.5 Å². The first-order valence-corrected chi connectivity index (χ1v) is 12.3. The van der Waals surface area contributed by atoms with Crippen molar-refractivity contribution in [3.63, 3.8) is 0 Å². The first kappa shape index (κ1) is 23.0. The first-order valence-electron chi connectivity index (χ1n) is 11.5. The standard InChI is InChI=1S/C28H24O2S.C2H6/c1-19(2)31-30-23-17-13-21(14-18-23)28(20-11-15-22(29)16-12-20)26-9-5-3-7-24(26)25-8-4-6-10-27(25)28;1-2/h3-19,29H,1-2H3;1-2H3. The number of fused-ring (bicyclic) bond motifs is 3. The van der Waals surface area contributed by atoms with Crippen LogP contribution in [0, 0.1) is 0 Å². The Hall–Kier alpha value is -3.17. The molecule has 4 aromatic carbocycles. The predicted molar refractivity (Wildman–Crippen MR) is 140 cm³/mol. The predicted octanol–water partition coefficient (Wildman–Crippen LogP) is 8.22. The fraction of sp³-hybridized carbons (Fsp3) is 0.200. The van der Waals surface area contributed by atoms with Crippen LogP contribution in [0.2, 0.25) is 0 Å². The molecule has 0 atom stereocenters. The fourth-order valence-corrected chi connectivity index (χ4v) is 5.06. The number of hydrogen-bond donors (Lipinski definition) is 1. The third-order valence-electron chi connectivity index (χ3n) is 5.88. The van der Waals surface area contributed by atoms with E-state index in [0.29, 0.717) is 5.25 Å². The second-order valence-electron chi connectivity index (χ2n) is 8.14. The van der Waals surface area contributed by atoms with Gasteiger partial charge < -0.3 is 9.29 Å². The number of benzene rings is 4. The third-order valence-corrected chi connectivity index (χ3v) is 6.55. The molecule has 0 spiro atoms. The number of phenolic OH excluding ortho intramolecular Hbond substituents is 1. The fourth-order valence-electron chi connectivity index (χ4n) is 4.65. The molecule has 0 aromatic heterocycles. The third kappa shape index (κ3) is 4.02. The molecule has 1 N–H and O–H groups in total. The van der Waals surface area contributed by atoms with Crippen molar-refractivity contribution in [2.45, 2.75) is 38.4 Å². The van der Waals surface area contributed by atoms with Gasteiger partial charge in [-0.05, 0) is 57.6 Å². The Morgan fingerprint density at radius 1 is 0.667 bits per heavy atom. The number of rotatable bonds is 5. The number of phenols is 1. The Morgan fingerprint density at radius 3 is 1.61 bits per heavy atom. The van der Waals surface area contributed by atoms with Crippen molar-refractivity contribution >= 4 is 12.0 Å². The Labute approximate surface area is 201 Å². The molecule has 0 radical (unpaired) electrons. The van der Waals surface area contributed by atoms with Crippen LogP contribution in [0.3, 0.4) is 0 Å².